The molecule has 0 saturated carbocycles. The number of piperidine rings is 1. The quantitative estimate of drug-likeness (QED) is 0.703. The van der Waals surface area contributed by atoms with Crippen molar-refractivity contribution in [2.45, 2.75) is 38.3 Å². The minimum absolute atomic E-state index is 0.263. The number of hydrogen-bond donors (Lipinski definition) is 0. The largest absolute Gasteiger partial charge is 0.300 e. The van der Waals surface area contributed by atoms with Crippen molar-refractivity contribution in [2.75, 3.05) is 7.05 Å². The lowest BCUT2D eigenvalue weighted by atomic mass is 9.79. The summed E-state index contributed by atoms with van der Waals surface area (Å²) < 4.78 is 27.7. The van der Waals surface area contributed by atoms with E-state index in [1.54, 1.807) is 24.3 Å². The molecule has 2 aromatic carbocycles. The van der Waals surface area contributed by atoms with Gasteiger partial charge in [0.25, 0.3) is 0 Å². The van der Waals surface area contributed by atoms with E-state index in [0.29, 0.717) is 23.9 Å². The minimum Gasteiger partial charge on any atom is -0.300 e. The van der Waals surface area contributed by atoms with Crippen molar-refractivity contribution in [3.05, 3.63) is 77.4 Å². The summed E-state index contributed by atoms with van der Waals surface area (Å²) in [5.74, 6) is 0.434. The van der Waals surface area contributed by atoms with Gasteiger partial charge in [0.15, 0.2) is 0 Å². The summed E-state index contributed by atoms with van der Waals surface area (Å²) >= 11 is 0. The molecule has 3 heteroatoms. The maximum atomic E-state index is 13.9. The molecule has 1 nitrogen and oxygen atoms in total. The van der Waals surface area contributed by atoms with Gasteiger partial charge in [-0.25, -0.2) is 8.78 Å². The highest BCUT2D eigenvalue weighted by atomic mass is 19.1. The Balaban J connectivity index is 1.77. The Labute approximate surface area is 154 Å². The van der Waals surface area contributed by atoms with E-state index in [4.69, 9.17) is 0 Å². The van der Waals surface area contributed by atoms with Crippen molar-refractivity contribution in [1.82, 2.24) is 4.90 Å². The van der Waals surface area contributed by atoms with Crippen LogP contribution >= 0.6 is 0 Å². The second-order valence-electron chi connectivity index (χ2n) is 7.82. The fourth-order valence-corrected chi connectivity index (χ4v) is 4.88. The molecule has 2 fully saturated rings. The van der Waals surface area contributed by atoms with Gasteiger partial charge in [0.05, 0.1) is 0 Å². The minimum atomic E-state index is -0.263. The van der Waals surface area contributed by atoms with Crippen LogP contribution in [0.25, 0.3) is 5.57 Å². The second-order valence-corrected chi connectivity index (χ2v) is 7.82. The van der Waals surface area contributed by atoms with E-state index in [9.17, 15) is 8.78 Å². The molecule has 2 heterocycles. The number of halogens is 2. The van der Waals surface area contributed by atoms with Crippen molar-refractivity contribution in [3.8, 4) is 0 Å². The summed E-state index contributed by atoms with van der Waals surface area (Å²) in [6.45, 7) is 2.32. The SMILES string of the molecule is CC1C(C=C(c2cccc(F)c2)c2cccc(F)c2)CC2CCC1N2C. The van der Waals surface area contributed by atoms with Crippen molar-refractivity contribution in [3.63, 3.8) is 0 Å². The molecule has 2 aromatic rings. The number of hydrogen-bond acceptors (Lipinski definition) is 1. The molecule has 0 aromatic heterocycles. The first-order chi connectivity index (χ1) is 12.5. The zero-order valence-corrected chi connectivity index (χ0v) is 15.3. The van der Waals surface area contributed by atoms with Gasteiger partial charge in [-0.05, 0) is 79.1 Å². The topological polar surface area (TPSA) is 3.24 Å². The van der Waals surface area contributed by atoms with Crippen molar-refractivity contribution >= 4 is 5.57 Å². The predicted molar refractivity (Wildman–Crippen MR) is 102 cm³/mol. The van der Waals surface area contributed by atoms with Crippen LogP contribution in [-0.4, -0.2) is 24.0 Å². The van der Waals surface area contributed by atoms with E-state index in [2.05, 4.69) is 24.9 Å². The van der Waals surface area contributed by atoms with Crippen LogP contribution in [0.4, 0.5) is 8.78 Å². The van der Waals surface area contributed by atoms with E-state index in [0.717, 1.165) is 23.1 Å². The van der Waals surface area contributed by atoms with Crippen LogP contribution in [0.1, 0.15) is 37.3 Å². The third kappa shape index (κ3) is 3.21. The maximum Gasteiger partial charge on any atom is 0.123 e. The van der Waals surface area contributed by atoms with E-state index < -0.39 is 0 Å². The van der Waals surface area contributed by atoms with Crippen LogP contribution in [0.2, 0.25) is 0 Å². The average molecular weight is 353 g/mol. The molecule has 4 rings (SSSR count). The summed E-state index contributed by atoms with van der Waals surface area (Å²) in [5, 5.41) is 0. The molecule has 0 amide bonds. The van der Waals surface area contributed by atoms with E-state index >= 15 is 0 Å². The molecule has 0 radical (unpaired) electrons. The van der Waals surface area contributed by atoms with Gasteiger partial charge >= 0.3 is 0 Å². The van der Waals surface area contributed by atoms with E-state index in [-0.39, 0.29) is 11.6 Å². The Hall–Kier alpha value is -2.00. The van der Waals surface area contributed by atoms with Gasteiger partial charge in [0.2, 0.25) is 0 Å². The van der Waals surface area contributed by atoms with Crippen LogP contribution in [0.5, 0.6) is 0 Å². The van der Waals surface area contributed by atoms with Crippen LogP contribution in [0.3, 0.4) is 0 Å². The first-order valence-electron chi connectivity index (χ1n) is 9.48. The van der Waals surface area contributed by atoms with Gasteiger partial charge < -0.3 is 4.90 Å². The average Bonchev–Trinajstić information content (AvgIpc) is 2.88. The molecule has 2 saturated heterocycles. The number of benzene rings is 2. The van der Waals surface area contributed by atoms with E-state index in [1.165, 1.54) is 25.0 Å². The summed E-state index contributed by atoms with van der Waals surface area (Å²) in [7, 11) is 2.23. The van der Waals surface area contributed by atoms with Gasteiger partial charge in [-0.3, -0.25) is 0 Å². The molecule has 0 N–H and O–H groups in total. The highest BCUT2D eigenvalue weighted by molar-refractivity contribution is 5.80. The summed E-state index contributed by atoms with van der Waals surface area (Å²) in [6, 6.07) is 14.5. The van der Waals surface area contributed by atoms with Gasteiger partial charge in [0.1, 0.15) is 11.6 Å². The van der Waals surface area contributed by atoms with Crippen LogP contribution in [-0.2, 0) is 0 Å². The van der Waals surface area contributed by atoms with Gasteiger partial charge in [0, 0.05) is 12.1 Å². The Morgan fingerprint density at radius 3 is 2.19 bits per heavy atom. The Kier molecular flexibility index (Phi) is 4.66. The Morgan fingerprint density at radius 2 is 1.62 bits per heavy atom. The molecule has 2 bridgehead atoms. The lowest BCUT2D eigenvalue weighted by molar-refractivity contribution is 0.0984. The molecule has 2 aliphatic heterocycles. The first kappa shape index (κ1) is 17.4. The Morgan fingerprint density at radius 1 is 1.00 bits per heavy atom. The zero-order valence-electron chi connectivity index (χ0n) is 15.3. The molecular formula is C23H25F2N. The number of allylic oxidation sites excluding steroid dienone is 1. The summed E-state index contributed by atoms with van der Waals surface area (Å²) in [5.41, 5.74) is 2.56. The monoisotopic (exact) mass is 353 g/mol. The molecule has 136 valence electrons. The fourth-order valence-electron chi connectivity index (χ4n) is 4.88. The normalized spacial score (nSPS) is 28.2. The lowest BCUT2D eigenvalue weighted by Crippen LogP contribution is -2.45. The van der Waals surface area contributed by atoms with Crippen molar-refractivity contribution in [2.24, 2.45) is 11.8 Å². The molecule has 0 aliphatic carbocycles. The number of rotatable bonds is 3. The number of fused-ring (bicyclic) bond motifs is 2. The van der Waals surface area contributed by atoms with Crippen molar-refractivity contribution in [1.29, 1.82) is 0 Å². The maximum absolute atomic E-state index is 13.9. The van der Waals surface area contributed by atoms with Crippen LogP contribution in [0.15, 0.2) is 54.6 Å². The number of nitrogens with zero attached hydrogens (tertiary/aromatic N) is 1. The lowest BCUT2D eigenvalue weighted by Gasteiger charge is -2.40. The third-order valence-corrected chi connectivity index (χ3v) is 6.37. The van der Waals surface area contributed by atoms with Gasteiger partial charge in [-0.2, -0.15) is 0 Å². The summed E-state index contributed by atoms with van der Waals surface area (Å²) in [4.78, 5) is 2.53. The van der Waals surface area contributed by atoms with Crippen LogP contribution < -0.4 is 0 Å². The Bertz CT molecular complexity index is 781. The second kappa shape index (κ2) is 6.96. The highest BCUT2D eigenvalue weighted by Crippen LogP contribution is 2.43. The summed E-state index contributed by atoms with van der Waals surface area (Å²) in [6.07, 6.45) is 5.89. The highest BCUT2D eigenvalue weighted by Gasteiger charge is 2.42. The molecule has 4 atom stereocenters. The molecule has 26 heavy (non-hydrogen) atoms. The smallest absolute Gasteiger partial charge is 0.123 e. The molecule has 0 spiro atoms. The first-order valence-corrected chi connectivity index (χ1v) is 9.48. The van der Waals surface area contributed by atoms with Crippen molar-refractivity contribution < 1.29 is 8.78 Å². The third-order valence-electron chi connectivity index (χ3n) is 6.37. The predicted octanol–water partition coefficient (Wildman–Crippen LogP) is 5.52. The fraction of sp³-hybridized carbons (Fsp3) is 0.391. The van der Waals surface area contributed by atoms with Gasteiger partial charge in [-0.15, -0.1) is 0 Å². The molecule has 2 aliphatic rings. The van der Waals surface area contributed by atoms with Crippen LogP contribution in [0, 0.1) is 23.5 Å². The standard InChI is InChI=1S/C23H25F2N/c1-15-18(13-21-9-10-23(15)26(21)2)14-22(16-5-3-7-19(24)11-16)17-6-4-8-20(25)12-17/h3-8,11-12,14-15,18,21,23H,9-10,13H2,1-2H3. The van der Waals surface area contributed by atoms with Gasteiger partial charge in [-0.1, -0.05) is 37.3 Å². The molecule has 4 unspecified atom stereocenters. The molecular weight excluding hydrogens is 328 g/mol. The zero-order chi connectivity index (χ0) is 18.3. The van der Waals surface area contributed by atoms with E-state index in [1.807, 2.05) is 12.1 Å².